The summed E-state index contributed by atoms with van der Waals surface area (Å²) in [6, 6.07) is 7.10. The molecule has 0 aliphatic carbocycles. The molecule has 1 heterocycles. The summed E-state index contributed by atoms with van der Waals surface area (Å²) in [4.78, 5) is 24.6. The number of benzene rings is 1. The number of ether oxygens (including phenoxy) is 2. The lowest BCUT2D eigenvalue weighted by Gasteiger charge is -2.20. The van der Waals surface area contributed by atoms with Crippen molar-refractivity contribution in [1.29, 1.82) is 0 Å². The van der Waals surface area contributed by atoms with Crippen molar-refractivity contribution in [1.82, 2.24) is 9.78 Å². The number of methoxy groups -OCH3 is 1. The minimum Gasteiger partial charge on any atom is -0.465 e. The monoisotopic (exact) mass is 430 g/mol. The van der Waals surface area contributed by atoms with Gasteiger partial charge in [0.2, 0.25) is 0 Å². The SMILES string of the molecule is C=CC(Cc1cccc(C(=O)OC)c1)n1ncc(C(=O)OC(C)(C)C)c1SCCC. The van der Waals surface area contributed by atoms with E-state index in [-0.39, 0.29) is 18.0 Å². The Hall–Kier alpha value is -2.54. The third-order valence-corrected chi connectivity index (χ3v) is 5.48. The molecule has 6 nitrogen and oxygen atoms in total. The van der Waals surface area contributed by atoms with Gasteiger partial charge in [-0.25, -0.2) is 9.59 Å². The van der Waals surface area contributed by atoms with E-state index in [9.17, 15) is 9.59 Å². The summed E-state index contributed by atoms with van der Waals surface area (Å²) in [6.07, 6.45) is 4.90. The molecule has 0 N–H and O–H groups in total. The highest BCUT2D eigenvalue weighted by molar-refractivity contribution is 7.99. The van der Waals surface area contributed by atoms with Gasteiger partial charge in [-0.05, 0) is 57.1 Å². The molecule has 1 aromatic heterocycles. The molecule has 0 fully saturated rings. The van der Waals surface area contributed by atoms with E-state index in [1.165, 1.54) is 7.11 Å². The van der Waals surface area contributed by atoms with Crippen molar-refractivity contribution in [2.24, 2.45) is 0 Å². The highest BCUT2D eigenvalue weighted by Crippen LogP contribution is 2.30. The van der Waals surface area contributed by atoms with Crippen LogP contribution >= 0.6 is 11.8 Å². The third kappa shape index (κ3) is 6.23. The maximum absolute atomic E-state index is 12.7. The standard InChI is InChI=1S/C23H30N2O4S/c1-7-12-30-20-19(22(27)29-23(3,4)5)15-24-25(20)18(8-2)14-16-10-9-11-17(13-16)21(26)28-6/h8-11,13,15,18H,2,7,12,14H2,1,3-6H3. The van der Waals surface area contributed by atoms with Gasteiger partial charge in [-0.15, -0.1) is 18.3 Å². The van der Waals surface area contributed by atoms with Gasteiger partial charge in [0.1, 0.15) is 16.2 Å². The molecule has 30 heavy (non-hydrogen) atoms. The van der Waals surface area contributed by atoms with Crippen LogP contribution in [0.1, 0.15) is 66.4 Å². The molecule has 0 amide bonds. The summed E-state index contributed by atoms with van der Waals surface area (Å²) in [7, 11) is 1.36. The predicted molar refractivity (Wildman–Crippen MR) is 119 cm³/mol. The first-order valence-electron chi connectivity index (χ1n) is 9.93. The Bertz CT molecular complexity index is 899. The fourth-order valence-electron chi connectivity index (χ4n) is 2.86. The number of esters is 2. The normalized spacial score (nSPS) is 12.3. The first-order valence-corrected chi connectivity index (χ1v) is 10.9. The molecular formula is C23H30N2O4S. The summed E-state index contributed by atoms with van der Waals surface area (Å²) in [5.41, 5.74) is 1.31. The van der Waals surface area contributed by atoms with Crippen molar-refractivity contribution < 1.29 is 19.1 Å². The second-order valence-corrected chi connectivity index (χ2v) is 8.94. The van der Waals surface area contributed by atoms with Crippen LogP contribution in [0, 0.1) is 0 Å². The summed E-state index contributed by atoms with van der Waals surface area (Å²) in [5, 5.41) is 5.26. The maximum Gasteiger partial charge on any atom is 0.343 e. The predicted octanol–water partition coefficient (Wildman–Crippen LogP) is 5.10. The van der Waals surface area contributed by atoms with Crippen molar-refractivity contribution in [2.75, 3.05) is 12.9 Å². The number of nitrogens with zero attached hydrogens (tertiary/aromatic N) is 2. The lowest BCUT2D eigenvalue weighted by atomic mass is 10.0. The number of carbonyl (C=O) groups excluding carboxylic acids is 2. The molecule has 7 heteroatoms. The molecule has 0 aliphatic heterocycles. The van der Waals surface area contributed by atoms with Gasteiger partial charge in [-0.3, -0.25) is 4.68 Å². The Morgan fingerprint density at radius 1 is 1.30 bits per heavy atom. The Balaban J connectivity index is 2.36. The van der Waals surface area contributed by atoms with Gasteiger partial charge in [0, 0.05) is 0 Å². The molecule has 2 aromatic rings. The topological polar surface area (TPSA) is 70.4 Å². The molecule has 1 unspecified atom stereocenters. The lowest BCUT2D eigenvalue weighted by molar-refractivity contribution is 0.00648. The van der Waals surface area contributed by atoms with Gasteiger partial charge < -0.3 is 9.47 Å². The van der Waals surface area contributed by atoms with Crippen LogP contribution < -0.4 is 0 Å². The molecule has 1 atom stereocenters. The number of thioether (sulfide) groups is 1. The molecule has 0 saturated heterocycles. The zero-order valence-electron chi connectivity index (χ0n) is 18.3. The molecule has 0 radical (unpaired) electrons. The van der Waals surface area contributed by atoms with Gasteiger partial charge in [0.25, 0.3) is 0 Å². The van der Waals surface area contributed by atoms with Crippen LogP contribution in [0.3, 0.4) is 0 Å². The quantitative estimate of drug-likeness (QED) is 0.313. The molecule has 0 aliphatic rings. The third-order valence-electron chi connectivity index (χ3n) is 4.19. The van der Waals surface area contributed by atoms with E-state index < -0.39 is 5.60 Å². The van der Waals surface area contributed by atoms with Gasteiger partial charge in [-0.1, -0.05) is 25.1 Å². The Labute approximate surface area is 182 Å². The largest absolute Gasteiger partial charge is 0.465 e. The summed E-state index contributed by atoms with van der Waals surface area (Å²) < 4.78 is 12.2. The molecule has 162 valence electrons. The summed E-state index contributed by atoms with van der Waals surface area (Å²) in [6.45, 7) is 11.6. The minimum absolute atomic E-state index is 0.187. The molecule has 0 spiro atoms. The van der Waals surface area contributed by atoms with Gasteiger partial charge in [0.05, 0.1) is 24.9 Å². The average Bonchev–Trinajstić information content (AvgIpc) is 3.12. The van der Waals surface area contributed by atoms with Crippen LogP contribution in [0.5, 0.6) is 0 Å². The van der Waals surface area contributed by atoms with Crippen molar-refractivity contribution in [3.63, 3.8) is 0 Å². The van der Waals surface area contributed by atoms with E-state index in [1.54, 1.807) is 36.2 Å². The number of hydrogen-bond donors (Lipinski definition) is 0. The highest BCUT2D eigenvalue weighted by atomic mass is 32.2. The highest BCUT2D eigenvalue weighted by Gasteiger charge is 2.26. The van der Waals surface area contributed by atoms with E-state index in [2.05, 4.69) is 18.6 Å². The fraction of sp³-hybridized carbons (Fsp3) is 0.435. The van der Waals surface area contributed by atoms with Gasteiger partial charge >= 0.3 is 11.9 Å². The summed E-state index contributed by atoms with van der Waals surface area (Å²) in [5.74, 6) is 0.0868. The van der Waals surface area contributed by atoms with Crippen LogP contribution in [0.15, 0.2) is 48.1 Å². The fourth-order valence-corrected chi connectivity index (χ4v) is 3.86. The van der Waals surface area contributed by atoms with E-state index in [4.69, 9.17) is 9.47 Å². The van der Waals surface area contributed by atoms with E-state index in [1.807, 2.05) is 37.6 Å². The van der Waals surface area contributed by atoms with Crippen molar-refractivity contribution in [3.8, 4) is 0 Å². The van der Waals surface area contributed by atoms with Gasteiger partial charge in [-0.2, -0.15) is 5.10 Å². The first-order chi connectivity index (χ1) is 14.2. The van der Waals surface area contributed by atoms with Crippen LogP contribution in [0.4, 0.5) is 0 Å². The Morgan fingerprint density at radius 2 is 2.03 bits per heavy atom. The van der Waals surface area contributed by atoms with E-state index in [0.717, 1.165) is 22.8 Å². The van der Waals surface area contributed by atoms with Crippen molar-refractivity contribution in [3.05, 3.63) is 59.8 Å². The maximum atomic E-state index is 12.7. The Kier molecular flexibility index (Phi) is 8.29. The van der Waals surface area contributed by atoms with Crippen LogP contribution in [0.25, 0.3) is 0 Å². The zero-order valence-corrected chi connectivity index (χ0v) is 19.1. The zero-order chi connectivity index (χ0) is 22.3. The van der Waals surface area contributed by atoms with Gasteiger partial charge in [0.15, 0.2) is 0 Å². The van der Waals surface area contributed by atoms with Crippen molar-refractivity contribution >= 4 is 23.7 Å². The number of aromatic nitrogens is 2. The molecule has 0 bridgehead atoms. The van der Waals surface area contributed by atoms with Crippen LogP contribution in [-0.4, -0.2) is 40.2 Å². The average molecular weight is 431 g/mol. The molecule has 2 rings (SSSR count). The van der Waals surface area contributed by atoms with E-state index >= 15 is 0 Å². The second kappa shape index (κ2) is 10.5. The molecular weight excluding hydrogens is 400 g/mol. The van der Waals surface area contributed by atoms with Crippen LogP contribution in [-0.2, 0) is 15.9 Å². The lowest BCUT2D eigenvalue weighted by Crippen LogP contribution is -2.24. The smallest absolute Gasteiger partial charge is 0.343 e. The number of hydrogen-bond acceptors (Lipinski definition) is 6. The summed E-state index contributed by atoms with van der Waals surface area (Å²) >= 11 is 1.58. The number of carbonyl (C=O) groups is 2. The Morgan fingerprint density at radius 3 is 2.63 bits per heavy atom. The van der Waals surface area contributed by atoms with Crippen LogP contribution in [0.2, 0.25) is 0 Å². The number of allylic oxidation sites excluding steroid dienone is 1. The first kappa shape index (κ1) is 23.7. The minimum atomic E-state index is -0.585. The molecule has 1 aromatic carbocycles. The number of rotatable bonds is 9. The molecule has 0 saturated carbocycles. The second-order valence-electron chi connectivity index (χ2n) is 7.86. The van der Waals surface area contributed by atoms with Crippen molar-refractivity contribution in [2.45, 2.75) is 57.2 Å². The van der Waals surface area contributed by atoms with E-state index in [0.29, 0.717) is 17.5 Å².